The van der Waals surface area contributed by atoms with E-state index in [2.05, 4.69) is 70.9 Å². The van der Waals surface area contributed by atoms with Gasteiger partial charge in [-0.15, -0.1) is 11.3 Å². The highest BCUT2D eigenvalue weighted by molar-refractivity contribution is 9.10. The summed E-state index contributed by atoms with van der Waals surface area (Å²) in [5, 5.41) is 2.10. The fraction of sp³-hybridized carbons (Fsp3) is 0.333. The molecule has 1 heterocycles. The predicted octanol–water partition coefficient (Wildman–Crippen LogP) is 4.38. The maximum absolute atomic E-state index is 5.70. The zero-order chi connectivity index (χ0) is 13.8. The molecule has 0 saturated carbocycles. The Kier molecular flexibility index (Phi) is 5.16. The molecule has 0 aliphatic rings. The second-order valence-electron chi connectivity index (χ2n) is 4.98. The summed E-state index contributed by atoms with van der Waals surface area (Å²) < 4.78 is 1.14. The van der Waals surface area contributed by atoms with Crippen LogP contribution in [0.4, 0.5) is 0 Å². The van der Waals surface area contributed by atoms with E-state index in [1.165, 1.54) is 16.0 Å². The number of hydrogen-bond acceptors (Lipinski definition) is 3. The molecule has 0 aliphatic heterocycles. The van der Waals surface area contributed by atoms with Crippen LogP contribution >= 0.6 is 27.3 Å². The molecule has 1 aromatic heterocycles. The van der Waals surface area contributed by atoms with Crippen LogP contribution in [0.15, 0.2) is 40.2 Å². The summed E-state index contributed by atoms with van der Waals surface area (Å²) in [6.07, 6.45) is 0.911. The summed E-state index contributed by atoms with van der Waals surface area (Å²) >= 11 is 5.24. The first-order valence-corrected chi connectivity index (χ1v) is 8.06. The number of nitrogens with two attached hydrogens (primary N) is 1. The fourth-order valence-corrected chi connectivity index (χ4v) is 3.55. The molecule has 2 rings (SSSR count). The lowest BCUT2D eigenvalue weighted by atomic mass is 9.98. The van der Waals surface area contributed by atoms with Crippen molar-refractivity contribution in [2.45, 2.75) is 32.2 Å². The molecule has 0 radical (unpaired) electrons. The number of benzene rings is 1. The first kappa shape index (κ1) is 14.7. The second-order valence-corrected chi connectivity index (χ2v) is 6.89. The number of halogens is 1. The van der Waals surface area contributed by atoms with E-state index in [1.807, 2.05) is 0 Å². The van der Waals surface area contributed by atoms with Crippen molar-refractivity contribution in [3.63, 3.8) is 0 Å². The van der Waals surface area contributed by atoms with Gasteiger partial charge >= 0.3 is 0 Å². The molecule has 2 aromatic rings. The van der Waals surface area contributed by atoms with Gasteiger partial charge in [0.15, 0.2) is 0 Å². The Labute approximate surface area is 127 Å². The normalized spacial score (nSPS) is 12.9. The highest BCUT2D eigenvalue weighted by atomic mass is 79.9. The summed E-state index contributed by atoms with van der Waals surface area (Å²) in [6, 6.07) is 11.0. The number of nitrogens with one attached hydrogen (secondary N) is 1. The average molecular weight is 339 g/mol. The third-order valence-corrected chi connectivity index (χ3v) is 4.95. The van der Waals surface area contributed by atoms with Crippen LogP contribution < -0.4 is 11.3 Å². The molecule has 0 fully saturated rings. The molecule has 1 atom stereocenters. The van der Waals surface area contributed by atoms with Gasteiger partial charge in [0.25, 0.3) is 0 Å². The van der Waals surface area contributed by atoms with Crippen molar-refractivity contribution < 1.29 is 0 Å². The van der Waals surface area contributed by atoms with Crippen molar-refractivity contribution in [1.82, 2.24) is 5.43 Å². The Morgan fingerprint density at radius 3 is 2.32 bits per heavy atom. The van der Waals surface area contributed by atoms with E-state index < -0.39 is 0 Å². The SMILES string of the molecule is CC(C)c1ccc(C(Cc2cc(Br)cs2)NN)cc1. The zero-order valence-electron chi connectivity index (χ0n) is 11.2. The topological polar surface area (TPSA) is 38.0 Å². The molecule has 4 heteroatoms. The fourth-order valence-electron chi connectivity index (χ4n) is 2.05. The van der Waals surface area contributed by atoms with E-state index in [-0.39, 0.29) is 6.04 Å². The minimum Gasteiger partial charge on any atom is -0.271 e. The molecule has 2 nitrogen and oxygen atoms in total. The van der Waals surface area contributed by atoms with Gasteiger partial charge in [0, 0.05) is 21.2 Å². The Bertz CT molecular complexity index is 519. The Morgan fingerprint density at radius 2 is 1.84 bits per heavy atom. The van der Waals surface area contributed by atoms with E-state index in [0.717, 1.165) is 10.9 Å². The molecular weight excluding hydrogens is 320 g/mol. The van der Waals surface area contributed by atoms with Gasteiger partial charge in [0.05, 0.1) is 6.04 Å². The molecule has 19 heavy (non-hydrogen) atoms. The van der Waals surface area contributed by atoms with Gasteiger partial charge in [-0.2, -0.15) is 0 Å². The van der Waals surface area contributed by atoms with Crippen LogP contribution in [0.25, 0.3) is 0 Å². The molecule has 0 saturated heterocycles. The van der Waals surface area contributed by atoms with Gasteiger partial charge in [-0.1, -0.05) is 38.1 Å². The quantitative estimate of drug-likeness (QED) is 0.627. The van der Waals surface area contributed by atoms with Crippen LogP contribution in [0, 0.1) is 0 Å². The average Bonchev–Trinajstić information content (AvgIpc) is 2.81. The zero-order valence-corrected chi connectivity index (χ0v) is 13.6. The minimum absolute atomic E-state index is 0.159. The van der Waals surface area contributed by atoms with E-state index in [1.54, 1.807) is 11.3 Å². The maximum atomic E-state index is 5.70. The van der Waals surface area contributed by atoms with Crippen molar-refractivity contribution in [3.05, 3.63) is 56.2 Å². The molecule has 0 bridgehead atoms. The van der Waals surface area contributed by atoms with Crippen LogP contribution in [-0.4, -0.2) is 0 Å². The molecule has 0 amide bonds. The van der Waals surface area contributed by atoms with Crippen LogP contribution in [0.1, 0.15) is 41.8 Å². The smallest absolute Gasteiger partial charge is 0.0508 e. The molecule has 0 aliphatic carbocycles. The number of hydrazine groups is 1. The Balaban J connectivity index is 2.12. The molecule has 1 unspecified atom stereocenters. The van der Waals surface area contributed by atoms with E-state index >= 15 is 0 Å². The van der Waals surface area contributed by atoms with Crippen LogP contribution in [0.3, 0.4) is 0 Å². The summed E-state index contributed by atoms with van der Waals surface area (Å²) in [5.74, 6) is 6.26. The lowest BCUT2D eigenvalue weighted by molar-refractivity contribution is 0.555. The first-order valence-electron chi connectivity index (χ1n) is 6.39. The molecular formula is C15H19BrN2S. The molecule has 3 N–H and O–H groups in total. The highest BCUT2D eigenvalue weighted by Crippen LogP contribution is 2.26. The van der Waals surface area contributed by atoms with Gasteiger partial charge in [-0.3, -0.25) is 11.3 Å². The Morgan fingerprint density at radius 1 is 1.21 bits per heavy atom. The van der Waals surface area contributed by atoms with Crippen LogP contribution in [0.2, 0.25) is 0 Å². The van der Waals surface area contributed by atoms with Crippen molar-refractivity contribution in [2.75, 3.05) is 0 Å². The summed E-state index contributed by atoms with van der Waals surface area (Å²) in [7, 11) is 0. The maximum Gasteiger partial charge on any atom is 0.0508 e. The first-order chi connectivity index (χ1) is 9.10. The third kappa shape index (κ3) is 3.89. The summed E-state index contributed by atoms with van der Waals surface area (Å²) in [4.78, 5) is 1.32. The summed E-state index contributed by atoms with van der Waals surface area (Å²) in [6.45, 7) is 4.41. The monoisotopic (exact) mass is 338 g/mol. The predicted molar refractivity (Wildman–Crippen MR) is 86.3 cm³/mol. The van der Waals surface area contributed by atoms with E-state index in [4.69, 9.17) is 5.84 Å². The molecule has 102 valence electrons. The van der Waals surface area contributed by atoms with Gasteiger partial charge in [-0.25, -0.2) is 0 Å². The lowest BCUT2D eigenvalue weighted by Crippen LogP contribution is -2.29. The van der Waals surface area contributed by atoms with Gasteiger partial charge < -0.3 is 0 Å². The second kappa shape index (κ2) is 6.66. The van der Waals surface area contributed by atoms with Gasteiger partial charge in [0.1, 0.15) is 0 Å². The standard InChI is InChI=1S/C15H19BrN2S/c1-10(2)11-3-5-12(6-4-11)15(18-17)8-14-7-13(16)9-19-14/h3-7,9-10,15,18H,8,17H2,1-2H3. The van der Waals surface area contributed by atoms with Crippen LogP contribution in [-0.2, 0) is 6.42 Å². The van der Waals surface area contributed by atoms with Crippen molar-refractivity contribution in [3.8, 4) is 0 Å². The van der Waals surface area contributed by atoms with Gasteiger partial charge in [0.2, 0.25) is 0 Å². The van der Waals surface area contributed by atoms with E-state index in [0.29, 0.717) is 5.92 Å². The van der Waals surface area contributed by atoms with E-state index in [9.17, 15) is 0 Å². The number of thiophene rings is 1. The number of rotatable bonds is 5. The molecule has 0 spiro atoms. The van der Waals surface area contributed by atoms with Crippen molar-refractivity contribution in [1.29, 1.82) is 0 Å². The lowest BCUT2D eigenvalue weighted by Gasteiger charge is -2.16. The summed E-state index contributed by atoms with van der Waals surface area (Å²) in [5.41, 5.74) is 5.51. The largest absolute Gasteiger partial charge is 0.271 e. The third-order valence-electron chi connectivity index (χ3n) is 3.23. The van der Waals surface area contributed by atoms with Crippen molar-refractivity contribution >= 4 is 27.3 Å². The molecule has 1 aromatic carbocycles. The minimum atomic E-state index is 0.159. The highest BCUT2D eigenvalue weighted by Gasteiger charge is 2.12. The number of hydrogen-bond donors (Lipinski definition) is 2. The van der Waals surface area contributed by atoms with Crippen molar-refractivity contribution in [2.24, 2.45) is 5.84 Å². The van der Waals surface area contributed by atoms with Gasteiger partial charge in [-0.05, 0) is 39.0 Å². The Hall–Kier alpha value is -0.680. The van der Waals surface area contributed by atoms with Crippen LogP contribution in [0.5, 0.6) is 0 Å².